The van der Waals surface area contributed by atoms with Crippen molar-refractivity contribution in [2.24, 2.45) is 5.92 Å². The molecule has 8 heteroatoms. The highest BCUT2D eigenvalue weighted by molar-refractivity contribution is 6.03. The van der Waals surface area contributed by atoms with Gasteiger partial charge in [0.25, 0.3) is 5.91 Å². The van der Waals surface area contributed by atoms with Gasteiger partial charge < -0.3 is 14.2 Å². The van der Waals surface area contributed by atoms with Crippen molar-refractivity contribution in [2.45, 2.75) is 59.5 Å². The lowest BCUT2D eigenvalue weighted by Gasteiger charge is -2.48. The SMILES string of the molecule is CCN(C(=O)c1cc(F)ccc1-c1cc(C2CN([C@H](CN3CCN(C)CC3)C(C)C)C2)cn2c(C)ncc12)C(C)C. The third-order valence-electron chi connectivity index (χ3n) is 9.23. The van der Waals surface area contributed by atoms with Gasteiger partial charge in [0.15, 0.2) is 0 Å². The molecule has 222 valence electrons. The summed E-state index contributed by atoms with van der Waals surface area (Å²) in [6.07, 6.45) is 4.08. The maximum atomic E-state index is 14.6. The van der Waals surface area contributed by atoms with Crippen LogP contribution in [-0.4, -0.2) is 106 Å². The molecule has 0 radical (unpaired) electrons. The van der Waals surface area contributed by atoms with Crippen LogP contribution in [0, 0.1) is 18.7 Å². The van der Waals surface area contributed by atoms with E-state index >= 15 is 0 Å². The normalized spacial score (nSPS) is 18.4. The summed E-state index contributed by atoms with van der Waals surface area (Å²) in [4.78, 5) is 27.8. The van der Waals surface area contributed by atoms with E-state index in [1.165, 1.54) is 17.7 Å². The molecule has 2 fully saturated rings. The zero-order valence-electron chi connectivity index (χ0n) is 25.9. The number of amides is 1. The monoisotopic (exact) mass is 562 g/mol. The minimum absolute atomic E-state index is 0.0212. The fourth-order valence-corrected chi connectivity index (χ4v) is 6.54. The third-order valence-corrected chi connectivity index (χ3v) is 9.23. The van der Waals surface area contributed by atoms with Crippen molar-refractivity contribution in [3.8, 4) is 11.1 Å². The maximum absolute atomic E-state index is 14.6. The number of benzene rings is 1. The number of carbonyl (C=O) groups excluding carboxylic acids is 1. The van der Waals surface area contributed by atoms with Crippen LogP contribution < -0.4 is 0 Å². The van der Waals surface area contributed by atoms with Gasteiger partial charge in [0.2, 0.25) is 0 Å². The Morgan fingerprint density at radius 3 is 2.41 bits per heavy atom. The zero-order valence-corrected chi connectivity index (χ0v) is 25.9. The highest BCUT2D eigenvalue weighted by Crippen LogP contribution is 2.37. The number of pyridine rings is 1. The molecule has 1 amide bonds. The molecule has 2 aliphatic rings. The van der Waals surface area contributed by atoms with Crippen molar-refractivity contribution in [3.63, 3.8) is 0 Å². The Morgan fingerprint density at radius 2 is 1.78 bits per heavy atom. The van der Waals surface area contributed by atoms with E-state index in [1.54, 1.807) is 11.0 Å². The van der Waals surface area contributed by atoms with Gasteiger partial charge in [-0.05, 0) is 70.0 Å². The van der Waals surface area contributed by atoms with E-state index in [9.17, 15) is 9.18 Å². The molecule has 2 aliphatic heterocycles. The molecule has 5 rings (SSSR count). The number of nitrogens with zero attached hydrogens (tertiary/aromatic N) is 6. The van der Waals surface area contributed by atoms with E-state index in [-0.39, 0.29) is 11.9 Å². The van der Waals surface area contributed by atoms with Gasteiger partial charge >= 0.3 is 0 Å². The summed E-state index contributed by atoms with van der Waals surface area (Å²) in [5, 5.41) is 0. The maximum Gasteiger partial charge on any atom is 0.254 e. The highest BCUT2D eigenvalue weighted by Gasteiger charge is 2.36. The van der Waals surface area contributed by atoms with Crippen molar-refractivity contribution >= 4 is 11.4 Å². The topological polar surface area (TPSA) is 47.3 Å². The first-order chi connectivity index (χ1) is 19.6. The van der Waals surface area contributed by atoms with E-state index in [2.05, 4.69) is 57.2 Å². The number of halogens is 1. The second kappa shape index (κ2) is 12.2. The molecule has 2 aromatic heterocycles. The summed E-state index contributed by atoms with van der Waals surface area (Å²) in [6.45, 7) is 20.9. The number of imidazole rings is 1. The Kier molecular flexibility index (Phi) is 8.83. The van der Waals surface area contributed by atoms with Crippen molar-refractivity contribution in [1.82, 2.24) is 29.0 Å². The zero-order chi connectivity index (χ0) is 29.4. The van der Waals surface area contributed by atoms with E-state index in [1.807, 2.05) is 33.9 Å². The molecule has 0 saturated carbocycles. The molecule has 3 aromatic rings. The molecule has 0 unspecified atom stereocenters. The smallest absolute Gasteiger partial charge is 0.254 e. The summed E-state index contributed by atoms with van der Waals surface area (Å²) >= 11 is 0. The lowest BCUT2D eigenvalue weighted by molar-refractivity contribution is 0.0296. The number of rotatable bonds is 9. The van der Waals surface area contributed by atoms with Crippen molar-refractivity contribution in [2.75, 3.05) is 59.4 Å². The number of carbonyl (C=O) groups is 1. The van der Waals surface area contributed by atoms with Gasteiger partial charge in [0, 0.05) is 82.1 Å². The molecule has 41 heavy (non-hydrogen) atoms. The first-order valence-electron chi connectivity index (χ1n) is 15.3. The lowest BCUT2D eigenvalue weighted by Crippen LogP contribution is -2.58. The molecule has 7 nitrogen and oxygen atoms in total. The molecule has 1 aromatic carbocycles. The predicted octanol–water partition coefficient (Wildman–Crippen LogP) is 4.99. The fourth-order valence-electron chi connectivity index (χ4n) is 6.54. The average molecular weight is 563 g/mol. The lowest BCUT2D eigenvalue weighted by atomic mass is 9.86. The van der Waals surface area contributed by atoms with Crippen LogP contribution in [-0.2, 0) is 0 Å². The number of aryl methyl sites for hydroxylation is 1. The van der Waals surface area contributed by atoms with Gasteiger partial charge in [-0.1, -0.05) is 19.9 Å². The first kappa shape index (κ1) is 29.7. The van der Waals surface area contributed by atoms with Gasteiger partial charge in [-0.3, -0.25) is 14.6 Å². The summed E-state index contributed by atoms with van der Waals surface area (Å²) in [6, 6.07) is 7.39. The molecule has 0 N–H and O–H groups in total. The van der Waals surface area contributed by atoms with E-state index in [4.69, 9.17) is 0 Å². The molecule has 0 bridgehead atoms. The van der Waals surface area contributed by atoms with Gasteiger partial charge in [-0.2, -0.15) is 0 Å². The number of aromatic nitrogens is 2. The Balaban J connectivity index is 1.45. The Labute approximate surface area is 244 Å². The third kappa shape index (κ3) is 6.06. The van der Waals surface area contributed by atoms with Crippen LogP contribution >= 0.6 is 0 Å². The van der Waals surface area contributed by atoms with Crippen LogP contribution in [0.1, 0.15) is 62.3 Å². The highest BCUT2D eigenvalue weighted by atomic mass is 19.1. The number of fused-ring (bicyclic) bond motifs is 1. The van der Waals surface area contributed by atoms with Gasteiger partial charge in [0.05, 0.1) is 17.3 Å². The first-order valence-corrected chi connectivity index (χ1v) is 15.3. The van der Waals surface area contributed by atoms with Crippen LogP contribution in [0.2, 0.25) is 0 Å². The number of hydrogen-bond donors (Lipinski definition) is 0. The van der Waals surface area contributed by atoms with E-state index in [0.29, 0.717) is 30.0 Å². The van der Waals surface area contributed by atoms with Crippen molar-refractivity contribution in [3.05, 3.63) is 59.4 Å². The van der Waals surface area contributed by atoms with Crippen LogP contribution in [0.25, 0.3) is 16.6 Å². The predicted molar refractivity (Wildman–Crippen MR) is 164 cm³/mol. The van der Waals surface area contributed by atoms with Gasteiger partial charge in [-0.25, -0.2) is 9.37 Å². The molecule has 0 spiro atoms. The van der Waals surface area contributed by atoms with Crippen LogP contribution in [0.5, 0.6) is 0 Å². The minimum atomic E-state index is -0.400. The number of likely N-dealkylation sites (tertiary alicyclic amines) is 1. The summed E-state index contributed by atoms with van der Waals surface area (Å²) in [5.41, 5.74) is 4.27. The number of piperazine rings is 1. The van der Waals surface area contributed by atoms with Gasteiger partial charge in [0.1, 0.15) is 11.6 Å². The molecule has 4 heterocycles. The molecule has 0 aliphatic carbocycles. The van der Waals surface area contributed by atoms with Crippen LogP contribution in [0.15, 0.2) is 36.7 Å². The Bertz CT molecular complexity index is 1370. The minimum Gasteiger partial charge on any atom is -0.336 e. The largest absolute Gasteiger partial charge is 0.336 e. The molecular weight excluding hydrogens is 515 g/mol. The quantitative estimate of drug-likeness (QED) is 0.368. The number of likely N-dealkylation sites (N-methyl/N-ethyl adjacent to an activating group) is 1. The van der Waals surface area contributed by atoms with E-state index in [0.717, 1.165) is 68.3 Å². The Morgan fingerprint density at radius 1 is 1.07 bits per heavy atom. The molecular formula is C33H47FN6O. The van der Waals surface area contributed by atoms with Crippen molar-refractivity contribution in [1.29, 1.82) is 0 Å². The average Bonchev–Trinajstić information content (AvgIpc) is 3.28. The standard InChI is InChI=1S/C33H47FN6O/c1-8-39(23(4)5)33(41)30-16-27(34)9-10-28(30)29-15-25(20-40-24(6)35-17-31(29)40)26-18-38(19-26)32(22(2)3)21-37-13-11-36(7)12-14-37/h9-10,15-17,20,22-23,26,32H,8,11-14,18-19,21H2,1-7H3/t32-/m1/s1. The van der Waals surface area contributed by atoms with Crippen LogP contribution in [0.4, 0.5) is 4.39 Å². The fraction of sp³-hybridized carbons (Fsp3) is 0.576. The second-order valence-corrected chi connectivity index (χ2v) is 12.7. The van der Waals surface area contributed by atoms with E-state index < -0.39 is 5.82 Å². The summed E-state index contributed by atoms with van der Waals surface area (Å²) < 4.78 is 16.7. The van der Waals surface area contributed by atoms with Crippen molar-refractivity contribution < 1.29 is 9.18 Å². The summed E-state index contributed by atoms with van der Waals surface area (Å²) in [7, 11) is 2.21. The molecule has 1 atom stereocenters. The van der Waals surface area contributed by atoms with Gasteiger partial charge in [-0.15, -0.1) is 0 Å². The van der Waals surface area contributed by atoms with Crippen LogP contribution in [0.3, 0.4) is 0 Å². The number of hydrogen-bond acceptors (Lipinski definition) is 5. The second-order valence-electron chi connectivity index (χ2n) is 12.7. The Hall–Kier alpha value is -2.81. The molecule has 2 saturated heterocycles. The summed E-state index contributed by atoms with van der Waals surface area (Å²) in [5.74, 6) is 1.34.